The quantitative estimate of drug-likeness (QED) is 0.398. The number of ketones is 1. The molecule has 2 rings (SSSR count). The molecule has 0 radical (unpaired) electrons. The van der Waals surface area contributed by atoms with Crippen LogP contribution in [0.5, 0.6) is 0 Å². The van der Waals surface area contributed by atoms with Crippen LogP contribution in [0.3, 0.4) is 0 Å². The second kappa shape index (κ2) is 5.09. The highest BCUT2D eigenvalue weighted by atomic mass is 16.1. The Hall–Kier alpha value is -1.63. The van der Waals surface area contributed by atoms with Gasteiger partial charge in [0.05, 0.1) is 11.4 Å². The summed E-state index contributed by atoms with van der Waals surface area (Å²) in [7, 11) is 0. The third-order valence-electron chi connectivity index (χ3n) is 1.34. The fourth-order valence-electron chi connectivity index (χ4n) is 0.869. The molecule has 6 N–H and O–H groups in total. The van der Waals surface area contributed by atoms with Crippen molar-refractivity contribution in [3.05, 3.63) is 23.9 Å². The minimum atomic E-state index is -0.0204. The van der Waals surface area contributed by atoms with Crippen LogP contribution in [-0.4, -0.2) is 34.3 Å². The van der Waals surface area contributed by atoms with Crippen LogP contribution in [0.2, 0.25) is 0 Å². The molecule has 13 heavy (non-hydrogen) atoms. The average molecular weight is 186 g/mol. The molecule has 0 saturated heterocycles. The van der Waals surface area contributed by atoms with Crippen LogP contribution >= 0.6 is 0 Å². The Morgan fingerprint density at radius 3 is 2.46 bits per heavy atom. The third-order valence-corrected chi connectivity index (χ3v) is 1.34. The van der Waals surface area contributed by atoms with E-state index in [9.17, 15) is 4.79 Å². The average Bonchev–Trinajstić information content (AvgIpc) is 2.33. The summed E-state index contributed by atoms with van der Waals surface area (Å²) in [4.78, 5) is 18.5. The first-order chi connectivity index (χ1) is 4.86. The summed E-state index contributed by atoms with van der Waals surface area (Å²) < 4.78 is 0. The molecule has 0 aromatic carbocycles. The monoisotopic (exact) mass is 186 g/mol. The number of rotatable bonds is 0. The van der Waals surface area contributed by atoms with Gasteiger partial charge in [-0.15, -0.1) is 0 Å². The van der Waals surface area contributed by atoms with Crippen molar-refractivity contribution in [2.45, 2.75) is 0 Å². The predicted octanol–water partition coefficient (Wildman–Crippen LogP) is -1.98. The molecular weight excluding hydrogens is 176 g/mol. The Morgan fingerprint density at radius 1 is 1.08 bits per heavy atom. The lowest BCUT2D eigenvalue weighted by Crippen LogP contribution is -2.02. The summed E-state index contributed by atoms with van der Waals surface area (Å²) >= 11 is 0. The van der Waals surface area contributed by atoms with Crippen LogP contribution in [-0.2, 0) is 4.79 Å². The highest BCUT2D eigenvalue weighted by Gasteiger charge is 2.12. The number of nitrogens with zero attached hydrogens (tertiary/aromatic N) is 2. The molecule has 1 aliphatic heterocycles. The fourth-order valence-corrected chi connectivity index (χ4v) is 0.869. The van der Waals surface area contributed by atoms with E-state index in [1.807, 2.05) is 0 Å². The molecule has 0 unspecified atom stereocenters. The highest BCUT2D eigenvalue weighted by Crippen LogP contribution is 2.11. The number of hydrogen-bond acceptors (Lipinski definition) is 3. The summed E-state index contributed by atoms with van der Waals surface area (Å²) in [6.45, 7) is 0. The molecule has 0 aromatic rings. The second-order valence-corrected chi connectivity index (χ2v) is 2.02. The number of fused-ring (bicyclic) bond motifs is 1. The van der Waals surface area contributed by atoms with Gasteiger partial charge in [0, 0.05) is 6.08 Å². The van der Waals surface area contributed by atoms with Crippen LogP contribution in [0.25, 0.3) is 0 Å². The zero-order valence-corrected chi connectivity index (χ0v) is 6.61. The van der Waals surface area contributed by atoms with E-state index in [0.717, 1.165) is 5.71 Å². The third kappa shape index (κ3) is 2.41. The van der Waals surface area contributed by atoms with E-state index in [1.54, 1.807) is 6.08 Å². The van der Waals surface area contributed by atoms with Gasteiger partial charge in [-0.3, -0.25) is 4.79 Å². The van der Waals surface area contributed by atoms with Crippen molar-refractivity contribution < 1.29 is 21.2 Å². The normalized spacial score (nSPS) is 15.8. The van der Waals surface area contributed by atoms with Crippen molar-refractivity contribution in [3.63, 3.8) is 0 Å². The molecule has 1 heterocycles. The van der Waals surface area contributed by atoms with Gasteiger partial charge in [0.25, 0.3) is 0 Å². The summed E-state index contributed by atoms with van der Waals surface area (Å²) in [5.41, 5.74) is 1.45. The van der Waals surface area contributed by atoms with Crippen LogP contribution in [0.15, 0.2) is 33.9 Å². The first-order valence-electron chi connectivity index (χ1n) is 2.91. The van der Waals surface area contributed by atoms with Gasteiger partial charge in [-0.25, -0.2) is 9.98 Å². The van der Waals surface area contributed by atoms with Gasteiger partial charge in [-0.2, -0.15) is 0 Å². The van der Waals surface area contributed by atoms with Crippen molar-refractivity contribution in [1.82, 2.24) is 0 Å². The standard InChI is InChI=1S/C7H4N2O.3H2O/c10-5-1-2-6-7(3-5)9-4-8-6;;;/h1-4H;3*1H2. The SMILES string of the molecule is O.O.O.O=C1C=CC2=NC=NC2=C1. The minimum absolute atomic E-state index is 0. The minimum Gasteiger partial charge on any atom is -0.412 e. The largest absolute Gasteiger partial charge is 0.412 e. The molecular formula is C7H10N2O4. The molecule has 6 heteroatoms. The number of carbonyl (C=O) groups is 1. The molecule has 0 atom stereocenters. The van der Waals surface area contributed by atoms with E-state index in [4.69, 9.17) is 0 Å². The van der Waals surface area contributed by atoms with Crippen LogP contribution in [0.4, 0.5) is 0 Å². The maximum Gasteiger partial charge on any atom is 0.180 e. The molecule has 0 spiro atoms. The maximum atomic E-state index is 10.7. The Labute approximate surface area is 73.9 Å². The Bertz CT molecular complexity index is 314. The zero-order valence-electron chi connectivity index (χ0n) is 6.61. The summed E-state index contributed by atoms with van der Waals surface area (Å²) in [6.07, 6.45) is 6.08. The maximum absolute atomic E-state index is 10.7. The van der Waals surface area contributed by atoms with Crippen LogP contribution in [0.1, 0.15) is 0 Å². The van der Waals surface area contributed by atoms with E-state index in [0.29, 0.717) is 5.70 Å². The van der Waals surface area contributed by atoms with Crippen molar-refractivity contribution >= 4 is 17.8 Å². The molecule has 0 amide bonds. The van der Waals surface area contributed by atoms with Gasteiger partial charge in [0.1, 0.15) is 6.34 Å². The van der Waals surface area contributed by atoms with Crippen LogP contribution < -0.4 is 0 Å². The Balaban J connectivity index is 0. The molecule has 1 aliphatic carbocycles. The Kier molecular flexibility index (Phi) is 5.46. The van der Waals surface area contributed by atoms with E-state index in [1.165, 1.54) is 18.5 Å². The molecule has 6 nitrogen and oxygen atoms in total. The zero-order chi connectivity index (χ0) is 6.97. The number of carbonyl (C=O) groups excluding carboxylic acids is 1. The lowest BCUT2D eigenvalue weighted by Gasteiger charge is -1.97. The summed E-state index contributed by atoms with van der Waals surface area (Å²) in [5, 5.41) is 0. The second-order valence-electron chi connectivity index (χ2n) is 2.02. The summed E-state index contributed by atoms with van der Waals surface area (Å²) in [6, 6.07) is 0. The van der Waals surface area contributed by atoms with E-state index in [-0.39, 0.29) is 22.2 Å². The number of hydrogen-bond donors (Lipinski definition) is 0. The van der Waals surface area contributed by atoms with Crippen molar-refractivity contribution in [3.8, 4) is 0 Å². The first kappa shape index (κ1) is 13.9. The van der Waals surface area contributed by atoms with Crippen molar-refractivity contribution in [2.75, 3.05) is 0 Å². The van der Waals surface area contributed by atoms with E-state index >= 15 is 0 Å². The first-order valence-corrected chi connectivity index (χ1v) is 2.91. The number of allylic oxidation sites excluding steroid dienone is 3. The molecule has 0 saturated carbocycles. The number of aliphatic imine (C=N–C) groups is 2. The van der Waals surface area contributed by atoms with E-state index in [2.05, 4.69) is 9.98 Å². The molecule has 72 valence electrons. The van der Waals surface area contributed by atoms with Crippen molar-refractivity contribution in [2.24, 2.45) is 9.98 Å². The van der Waals surface area contributed by atoms with Gasteiger partial charge in [0.15, 0.2) is 5.78 Å². The lowest BCUT2D eigenvalue weighted by molar-refractivity contribution is -0.110. The fraction of sp³-hybridized carbons (Fsp3) is 0. The molecule has 2 aliphatic rings. The lowest BCUT2D eigenvalue weighted by atomic mass is 10.1. The van der Waals surface area contributed by atoms with Gasteiger partial charge in [-0.1, -0.05) is 0 Å². The molecule has 0 bridgehead atoms. The Morgan fingerprint density at radius 2 is 1.77 bits per heavy atom. The van der Waals surface area contributed by atoms with E-state index < -0.39 is 0 Å². The molecule has 0 aromatic heterocycles. The summed E-state index contributed by atoms with van der Waals surface area (Å²) in [5.74, 6) is -0.0204. The molecule has 0 fully saturated rings. The topological polar surface area (TPSA) is 136 Å². The smallest absolute Gasteiger partial charge is 0.180 e. The van der Waals surface area contributed by atoms with Gasteiger partial charge >= 0.3 is 0 Å². The van der Waals surface area contributed by atoms with Crippen molar-refractivity contribution in [1.29, 1.82) is 0 Å². The van der Waals surface area contributed by atoms with Gasteiger partial charge in [0.2, 0.25) is 0 Å². The van der Waals surface area contributed by atoms with Gasteiger partial charge < -0.3 is 16.4 Å². The predicted molar refractivity (Wildman–Crippen MR) is 49.0 cm³/mol. The highest BCUT2D eigenvalue weighted by molar-refractivity contribution is 6.22. The van der Waals surface area contributed by atoms with Crippen LogP contribution in [0, 0.1) is 0 Å². The van der Waals surface area contributed by atoms with Gasteiger partial charge in [-0.05, 0) is 12.2 Å².